The van der Waals surface area contributed by atoms with Crippen molar-refractivity contribution in [2.24, 2.45) is 0 Å². The van der Waals surface area contributed by atoms with Gasteiger partial charge in [-0.15, -0.1) is 0 Å². The summed E-state index contributed by atoms with van der Waals surface area (Å²) in [5, 5.41) is 0.369. The summed E-state index contributed by atoms with van der Waals surface area (Å²) in [6.45, 7) is 4.19. The molecule has 1 aliphatic rings. The third-order valence-corrected chi connectivity index (χ3v) is 8.75. The Morgan fingerprint density at radius 2 is 1.58 bits per heavy atom. The smallest absolute Gasteiger partial charge is 0.368 e. The van der Waals surface area contributed by atoms with Crippen molar-refractivity contribution in [1.82, 2.24) is 4.90 Å². The number of alkyl halides is 3. The van der Waals surface area contributed by atoms with Gasteiger partial charge in [-0.3, -0.25) is 9.10 Å². The molecule has 0 aliphatic carbocycles. The molecule has 1 amide bonds. The van der Waals surface area contributed by atoms with E-state index in [2.05, 4.69) is 0 Å². The van der Waals surface area contributed by atoms with Crippen LogP contribution in [0.15, 0.2) is 71.6 Å². The monoisotopic (exact) mass is 565 g/mol. The molecule has 3 aromatic rings. The molecule has 4 rings (SSSR count). The Morgan fingerprint density at radius 3 is 2.21 bits per heavy atom. The number of piperazine rings is 1. The van der Waals surface area contributed by atoms with E-state index in [1.54, 1.807) is 48.2 Å². The Bertz CT molecular complexity index is 1420. The number of hydrogen-bond donors (Lipinski definition) is 0. The number of sulfonamides is 1. The Hall–Kier alpha value is -3.24. The average Bonchev–Trinajstić information content (AvgIpc) is 2.89. The van der Waals surface area contributed by atoms with Gasteiger partial charge in [0.25, 0.3) is 10.0 Å². The maximum atomic E-state index is 13.7. The lowest BCUT2D eigenvalue weighted by Crippen LogP contribution is -2.52. The van der Waals surface area contributed by atoms with Gasteiger partial charge in [0, 0.05) is 36.9 Å². The molecule has 0 bridgehead atoms. The van der Waals surface area contributed by atoms with Crippen molar-refractivity contribution < 1.29 is 26.4 Å². The quantitative estimate of drug-likeness (QED) is 0.395. The minimum absolute atomic E-state index is 0.0460. The van der Waals surface area contributed by atoms with Crippen LogP contribution in [0.1, 0.15) is 16.7 Å². The number of anilines is 2. The molecule has 1 fully saturated rings. The van der Waals surface area contributed by atoms with Crippen molar-refractivity contribution in [3.63, 3.8) is 0 Å². The fourth-order valence-electron chi connectivity index (χ4n) is 4.32. The van der Waals surface area contributed by atoms with Crippen LogP contribution in [-0.2, 0) is 21.0 Å². The van der Waals surface area contributed by atoms with Gasteiger partial charge in [-0.1, -0.05) is 41.4 Å². The third kappa shape index (κ3) is 5.91. The lowest BCUT2D eigenvalue weighted by Gasteiger charge is -2.37. The van der Waals surface area contributed by atoms with Crippen LogP contribution in [-0.4, -0.2) is 51.9 Å². The first-order valence-corrected chi connectivity index (χ1v) is 13.7. The first kappa shape index (κ1) is 27.8. The third-order valence-electron chi connectivity index (χ3n) is 6.57. The van der Waals surface area contributed by atoms with Crippen LogP contribution in [0.25, 0.3) is 0 Å². The van der Waals surface area contributed by atoms with Gasteiger partial charge in [-0.25, -0.2) is 8.42 Å². The number of nitrogens with zero attached hydrogens (tertiary/aromatic N) is 3. The standard InChI is InChI=1S/C27H27ClF3N3O3S/c1-19-9-11-23(12-10-19)38(36,37)34(25-8-4-7-24(28)20(25)2)18-26(35)33-15-13-32(14-16-33)22-6-3-5-21(17-22)27(29,30)31/h3-12,17H,13-16,18H2,1-2H3. The van der Waals surface area contributed by atoms with Crippen LogP contribution >= 0.6 is 11.6 Å². The highest BCUT2D eigenvalue weighted by atomic mass is 35.5. The molecule has 0 atom stereocenters. The van der Waals surface area contributed by atoms with Crippen LogP contribution in [0.5, 0.6) is 0 Å². The van der Waals surface area contributed by atoms with E-state index in [4.69, 9.17) is 11.6 Å². The van der Waals surface area contributed by atoms with Gasteiger partial charge in [0.05, 0.1) is 16.1 Å². The summed E-state index contributed by atoms with van der Waals surface area (Å²) in [5.74, 6) is -0.413. The molecule has 38 heavy (non-hydrogen) atoms. The Morgan fingerprint density at radius 1 is 0.947 bits per heavy atom. The topological polar surface area (TPSA) is 60.9 Å². The SMILES string of the molecule is Cc1ccc(S(=O)(=O)N(CC(=O)N2CCN(c3cccc(C(F)(F)F)c3)CC2)c2cccc(Cl)c2C)cc1. The van der Waals surface area contributed by atoms with E-state index in [0.717, 1.165) is 22.0 Å². The van der Waals surface area contributed by atoms with E-state index in [1.165, 1.54) is 23.1 Å². The van der Waals surface area contributed by atoms with Gasteiger partial charge in [-0.2, -0.15) is 13.2 Å². The molecule has 3 aromatic carbocycles. The number of halogens is 4. The molecule has 0 N–H and O–H groups in total. The highest BCUT2D eigenvalue weighted by Gasteiger charge is 2.33. The minimum atomic E-state index is -4.45. The second-order valence-electron chi connectivity index (χ2n) is 9.12. The number of carbonyl (C=O) groups is 1. The maximum Gasteiger partial charge on any atom is 0.416 e. The van der Waals surface area contributed by atoms with E-state index in [9.17, 15) is 26.4 Å². The summed E-state index contributed by atoms with van der Waals surface area (Å²) in [6, 6.07) is 16.3. The summed E-state index contributed by atoms with van der Waals surface area (Å²) >= 11 is 6.28. The predicted molar refractivity (Wildman–Crippen MR) is 142 cm³/mol. The van der Waals surface area contributed by atoms with Crippen molar-refractivity contribution in [1.29, 1.82) is 0 Å². The first-order chi connectivity index (χ1) is 17.9. The van der Waals surface area contributed by atoms with Crippen molar-refractivity contribution in [3.05, 3.63) is 88.4 Å². The van der Waals surface area contributed by atoms with Crippen LogP contribution in [0.4, 0.5) is 24.5 Å². The van der Waals surface area contributed by atoms with Crippen molar-refractivity contribution >= 4 is 38.9 Å². The molecule has 0 radical (unpaired) electrons. The number of aryl methyl sites for hydroxylation is 1. The number of amides is 1. The van der Waals surface area contributed by atoms with E-state index in [1.807, 2.05) is 6.92 Å². The lowest BCUT2D eigenvalue weighted by molar-refractivity contribution is -0.137. The molecular weight excluding hydrogens is 539 g/mol. The zero-order valence-electron chi connectivity index (χ0n) is 20.9. The molecule has 1 saturated heterocycles. The van der Waals surface area contributed by atoms with Crippen molar-refractivity contribution in [2.45, 2.75) is 24.9 Å². The van der Waals surface area contributed by atoms with Gasteiger partial charge < -0.3 is 9.80 Å². The Labute approximate surface area is 225 Å². The normalized spacial score (nSPS) is 14.5. The van der Waals surface area contributed by atoms with E-state index in [-0.39, 0.29) is 18.0 Å². The van der Waals surface area contributed by atoms with Gasteiger partial charge in [0.2, 0.25) is 5.91 Å². The van der Waals surface area contributed by atoms with Crippen LogP contribution in [0, 0.1) is 13.8 Å². The fraction of sp³-hybridized carbons (Fsp3) is 0.296. The second kappa shape index (κ2) is 10.9. The van der Waals surface area contributed by atoms with Crippen molar-refractivity contribution in [3.8, 4) is 0 Å². The lowest BCUT2D eigenvalue weighted by atomic mass is 10.1. The highest BCUT2D eigenvalue weighted by Crippen LogP contribution is 2.33. The minimum Gasteiger partial charge on any atom is -0.368 e. The molecule has 0 spiro atoms. The second-order valence-corrected chi connectivity index (χ2v) is 11.4. The first-order valence-electron chi connectivity index (χ1n) is 11.9. The van der Waals surface area contributed by atoms with E-state index in [0.29, 0.717) is 35.1 Å². The largest absolute Gasteiger partial charge is 0.416 e. The van der Waals surface area contributed by atoms with Gasteiger partial charge >= 0.3 is 6.18 Å². The predicted octanol–water partition coefficient (Wildman–Crippen LogP) is 5.52. The van der Waals surface area contributed by atoms with Crippen LogP contribution in [0.3, 0.4) is 0 Å². The molecule has 0 saturated carbocycles. The highest BCUT2D eigenvalue weighted by molar-refractivity contribution is 7.92. The molecule has 11 heteroatoms. The molecule has 0 unspecified atom stereocenters. The Kier molecular flexibility index (Phi) is 7.94. The van der Waals surface area contributed by atoms with Crippen LogP contribution < -0.4 is 9.21 Å². The van der Waals surface area contributed by atoms with Crippen LogP contribution in [0.2, 0.25) is 5.02 Å². The van der Waals surface area contributed by atoms with Gasteiger partial charge in [0.1, 0.15) is 6.54 Å². The number of benzene rings is 3. The summed E-state index contributed by atoms with van der Waals surface area (Å²) < 4.78 is 67.8. The summed E-state index contributed by atoms with van der Waals surface area (Å²) in [6.07, 6.45) is -4.45. The van der Waals surface area contributed by atoms with Gasteiger partial charge in [-0.05, 0) is 61.9 Å². The zero-order valence-corrected chi connectivity index (χ0v) is 22.4. The van der Waals surface area contributed by atoms with Crippen molar-refractivity contribution in [2.75, 3.05) is 41.9 Å². The molecule has 6 nitrogen and oxygen atoms in total. The number of hydrogen-bond acceptors (Lipinski definition) is 4. The fourth-order valence-corrected chi connectivity index (χ4v) is 5.96. The maximum absolute atomic E-state index is 13.7. The average molecular weight is 566 g/mol. The molecule has 0 aromatic heterocycles. The summed E-state index contributed by atoms with van der Waals surface area (Å²) in [5.41, 5.74) is 1.40. The summed E-state index contributed by atoms with van der Waals surface area (Å²) in [7, 11) is -4.11. The molecule has 1 aliphatic heterocycles. The zero-order chi connectivity index (χ0) is 27.7. The number of rotatable bonds is 6. The Balaban J connectivity index is 1.55. The molecule has 1 heterocycles. The molecule has 202 valence electrons. The molecular formula is C27H27ClF3N3O3S. The summed E-state index contributed by atoms with van der Waals surface area (Å²) in [4.78, 5) is 16.7. The van der Waals surface area contributed by atoms with E-state index < -0.39 is 34.2 Å². The van der Waals surface area contributed by atoms with E-state index >= 15 is 0 Å². The number of carbonyl (C=O) groups excluding carboxylic acids is 1. The van der Waals surface area contributed by atoms with Gasteiger partial charge in [0.15, 0.2) is 0 Å².